The lowest BCUT2D eigenvalue weighted by Crippen LogP contribution is -2.51. The molecule has 1 amide bonds. The molecular formula is C17H26N2O3. The molecule has 1 fully saturated rings. The summed E-state index contributed by atoms with van der Waals surface area (Å²) in [6.07, 6.45) is 5.36. The summed E-state index contributed by atoms with van der Waals surface area (Å²) in [5.41, 5.74) is 6.70. The van der Waals surface area contributed by atoms with Crippen molar-refractivity contribution in [1.29, 1.82) is 0 Å². The van der Waals surface area contributed by atoms with Gasteiger partial charge in [0.05, 0.1) is 19.8 Å². The molecule has 0 atom stereocenters. The van der Waals surface area contributed by atoms with Crippen molar-refractivity contribution in [3.05, 3.63) is 23.8 Å². The molecule has 122 valence electrons. The van der Waals surface area contributed by atoms with E-state index in [1.165, 1.54) is 0 Å². The molecule has 1 aromatic rings. The Morgan fingerprint density at radius 3 is 2.27 bits per heavy atom. The molecule has 0 aliphatic heterocycles. The average Bonchev–Trinajstić information content (AvgIpc) is 3.01. The average molecular weight is 306 g/mol. The Hall–Kier alpha value is -1.75. The molecule has 0 saturated heterocycles. The number of nitrogens with one attached hydrogen (secondary N) is 1. The maximum Gasteiger partial charge on any atom is 0.220 e. The van der Waals surface area contributed by atoms with Crippen LogP contribution in [0.5, 0.6) is 11.5 Å². The van der Waals surface area contributed by atoms with Crippen LogP contribution in [0.1, 0.15) is 37.7 Å². The zero-order chi connectivity index (χ0) is 16.0. The zero-order valence-electron chi connectivity index (χ0n) is 13.5. The molecule has 3 N–H and O–H groups in total. The fraction of sp³-hybridized carbons (Fsp3) is 0.588. The van der Waals surface area contributed by atoms with Crippen LogP contribution < -0.4 is 20.5 Å². The van der Waals surface area contributed by atoms with Gasteiger partial charge in [0.15, 0.2) is 0 Å². The van der Waals surface area contributed by atoms with Gasteiger partial charge in [-0.15, -0.1) is 0 Å². The summed E-state index contributed by atoms with van der Waals surface area (Å²) in [5.74, 6) is 1.54. The van der Waals surface area contributed by atoms with Crippen LogP contribution in [0.25, 0.3) is 0 Å². The zero-order valence-corrected chi connectivity index (χ0v) is 13.5. The van der Waals surface area contributed by atoms with E-state index in [-0.39, 0.29) is 11.4 Å². The molecule has 1 aliphatic carbocycles. The fourth-order valence-corrected chi connectivity index (χ4v) is 3.06. The van der Waals surface area contributed by atoms with E-state index in [4.69, 9.17) is 15.2 Å². The van der Waals surface area contributed by atoms with Crippen LogP contribution in [-0.4, -0.2) is 32.2 Å². The Balaban J connectivity index is 1.93. The van der Waals surface area contributed by atoms with Crippen molar-refractivity contribution in [2.24, 2.45) is 5.73 Å². The molecule has 5 nitrogen and oxygen atoms in total. The first-order valence-electron chi connectivity index (χ1n) is 7.84. The predicted octanol–water partition coefficient (Wildman–Crippen LogP) is 2.02. The third kappa shape index (κ3) is 4.13. The first-order chi connectivity index (χ1) is 10.6. The highest BCUT2D eigenvalue weighted by Crippen LogP contribution is 2.29. The van der Waals surface area contributed by atoms with E-state index in [0.717, 1.165) is 42.7 Å². The lowest BCUT2D eigenvalue weighted by Gasteiger charge is -2.28. The number of methoxy groups -OCH3 is 2. The van der Waals surface area contributed by atoms with Gasteiger partial charge < -0.3 is 20.5 Å². The molecule has 0 unspecified atom stereocenters. The minimum absolute atomic E-state index is 0.0640. The highest BCUT2D eigenvalue weighted by molar-refractivity contribution is 5.77. The van der Waals surface area contributed by atoms with Crippen LogP contribution in [0.2, 0.25) is 0 Å². The highest BCUT2D eigenvalue weighted by atomic mass is 16.5. The molecule has 1 saturated carbocycles. The second kappa shape index (κ2) is 7.49. The van der Waals surface area contributed by atoms with Gasteiger partial charge in [0.25, 0.3) is 0 Å². The molecule has 2 rings (SSSR count). The topological polar surface area (TPSA) is 73.6 Å². The minimum Gasteiger partial charge on any atom is -0.497 e. The van der Waals surface area contributed by atoms with Crippen molar-refractivity contribution < 1.29 is 14.3 Å². The summed E-state index contributed by atoms with van der Waals surface area (Å²) in [5, 5.41) is 3.14. The summed E-state index contributed by atoms with van der Waals surface area (Å²) < 4.78 is 10.5. The first kappa shape index (κ1) is 16.6. The van der Waals surface area contributed by atoms with Gasteiger partial charge in [-0.25, -0.2) is 0 Å². The van der Waals surface area contributed by atoms with Crippen molar-refractivity contribution in [3.63, 3.8) is 0 Å². The third-order valence-corrected chi connectivity index (χ3v) is 4.41. The third-order valence-electron chi connectivity index (χ3n) is 4.41. The smallest absolute Gasteiger partial charge is 0.220 e. The van der Waals surface area contributed by atoms with Gasteiger partial charge in [-0.05, 0) is 37.0 Å². The van der Waals surface area contributed by atoms with Crippen molar-refractivity contribution in [2.75, 3.05) is 20.8 Å². The molecule has 22 heavy (non-hydrogen) atoms. The lowest BCUT2D eigenvalue weighted by molar-refractivity contribution is -0.122. The number of carbonyl (C=O) groups excluding carboxylic acids is 1. The maximum absolute atomic E-state index is 12.2. The second-order valence-corrected chi connectivity index (χ2v) is 5.96. The number of rotatable bonds is 7. The Morgan fingerprint density at radius 1 is 1.18 bits per heavy atom. The van der Waals surface area contributed by atoms with Crippen molar-refractivity contribution in [2.45, 2.75) is 44.1 Å². The molecule has 5 heteroatoms. The van der Waals surface area contributed by atoms with E-state index in [9.17, 15) is 4.79 Å². The maximum atomic E-state index is 12.2. The molecular weight excluding hydrogens is 280 g/mol. The van der Waals surface area contributed by atoms with Crippen molar-refractivity contribution in [1.82, 2.24) is 5.32 Å². The Kier molecular flexibility index (Phi) is 5.66. The van der Waals surface area contributed by atoms with E-state index in [0.29, 0.717) is 19.4 Å². The fourth-order valence-electron chi connectivity index (χ4n) is 3.06. The normalized spacial score (nSPS) is 16.3. The van der Waals surface area contributed by atoms with Crippen LogP contribution in [0.4, 0.5) is 0 Å². The summed E-state index contributed by atoms with van der Waals surface area (Å²) in [4.78, 5) is 12.2. The summed E-state index contributed by atoms with van der Waals surface area (Å²) in [7, 11) is 3.24. The van der Waals surface area contributed by atoms with Gasteiger partial charge in [0.1, 0.15) is 11.5 Å². The van der Waals surface area contributed by atoms with E-state index in [2.05, 4.69) is 5.32 Å². The Bertz CT molecular complexity index is 488. The number of ether oxygens (including phenoxy) is 2. The van der Waals surface area contributed by atoms with Crippen LogP contribution in [0.3, 0.4) is 0 Å². The monoisotopic (exact) mass is 306 g/mol. The Labute approximate surface area is 132 Å². The number of hydrogen-bond donors (Lipinski definition) is 2. The van der Waals surface area contributed by atoms with Gasteiger partial charge in [-0.2, -0.15) is 0 Å². The minimum atomic E-state index is -0.177. The quantitative estimate of drug-likeness (QED) is 0.808. The van der Waals surface area contributed by atoms with Gasteiger partial charge in [-0.3, -0.25) is 4.79 Å². The van der Waals surface area contributed by atoms with Gasteiger partial charge in [0, 0.05) is 19.0 Å². The van der Waals surface area contributed by atoms with Gasteiger partial charge in [0.2, 0.25) is 5.91 Å². The van der Waals surface area contributed by atoms with Gasteiger partial charge in [-0.1, -0.05) is 12.8 Å². The summed E-state index contributed by atoms with van der Waals surface area (Å²) in [6, 6.07) is 5.69. The first-order valence-corrected chi connectivity index (χ1v) is 7.84. The lowest BCUT2D eigenvalue weighted by atomic mass is 9.97. The van der Waals surface area contributed by atoms with Crippen LogP contribution >= 0.6 is 0 Å². The highest BCUT2D eigenvalue weighted by Gasteiger charge is 2.33. The molecule has 0 aromatic heterocycles. The molecule has 0 heterocycles. The van der Waals surface area contributed by atoms with E-state index < -0.39 is 0 Å². The van der Waals surface area contributed by atoms with E-state index in [1.807, 2.05) is 18.2 Å². The molecule has 0 radical (unpaired) electrons. The largest absolute Gasteiger partial charge is 0.497 e. The standard InChI is InChI=1S/C17H26N2O3/c1-21-14-9-13(10-15(11-14)22-2)5-6-16(20)19-17(12-18)7-3-4-8-17/h9-11H,3-8,12,18H2,1-2H3,(H,19,20). The number of carbonyl (C=O) groups is 1. The Morgan fingerprint density at radius 2 is 1.77 bits per heavy atom. The second-order valence-electron chi connectivity index (χ2n) is 5.96. The molecule has 0 spiro atoms. The number of aryl methyl sites for hydroxylation is 1. The number of hydrogen-bond acceptors (Lipinski definition) is 4. The number of benzene rings is 1. The van der Waals surface area contributed by atoms with E-state index in [1.54, 1.807) is 14.2 Å². The molecule has 1 aliphatic rings. The summed E-state index contributed by atoms with van der Waals surface area (Å²) in [6.45, 7) is 0.520. The number of nitrogens with two attached hydrogens (primary N) is 1. The molecule has 1 aromatic carbocycles. The van der Waals surface area contributed by atoms with Crippen LogP contribution in [0.15, 0.2) is 18.2 Å². The number of amides is 1. The van der Waals surface area contributed by atoms with Crippen molar-refractivity contribution in [3.8, 4) is 11.5 Å². The predicted molar refractivity (Wildman–Crippen MR) is 86.3 cm³/mol. The SMILES string of the molecule is COc1cc(CCC(=O)NC2(CN)CCCC2)cc(OC)c1. The van der Waals surface area contributed by atoms with E-state index >= 15 is 0 Å². The van der Waals surface area contributed by atoms with Gasteiger partial charge >= 0.3 is 0 Å². The van der Waals surface area contributed by atoms with Crippen LogP contribution in [-0.2, 0) is 11.2 Å². The molecule has 0 bridgehead atoms. The van der Waals surface area contributed by atoms with Crippen molar-refractivity contribution >= 4 is 5.91 Å². The summed E-state index contributed by atoms with van der Waals surface area (Å²) >= 11 is 0. The van der Waals surface area contributed by atoms with Crippen LogP contribution in [0, 0.1) is 0 Å².